The van der Waals surface area contributed by atoms with Crippen LogP contribution in [0.15, 0.2) is 59.8 Å². The Hall–Kier alpha value is -3.06. The van der Waals surface area contributed by atoms with Crippen molar-refractivity contribution in [3.8, 4) is 10.8 Å². The molecule has 2 aromatic carbocycles. The summed E-state index contributed by atoms with van der Waals surface area (Å²) >= 11 is 1.19. The minimum atomic E-state index is -1.15. The molecule has 0 radical (unpaired) electrons. The van der Waals surface area contributed by atoms with Crippen molar-refractivity contribution in [1.82, 2.24) is 0 Å². The molecule has 0 aliphatic rings. The SMILES string of the molecule is CO/N=C(\C(=O)O)c1ccc(OCCOc2ccc3ccccc3c2)s1. The van der Waals surface area contributed by atoms with Gasteiger partial charge in [-0.15, -0.1) is 0 Å². The number of carboxylic acids is 1. The normalized spacial score (nSPS) is 11.3. The van der Waals surface area contributed by atoms with Crippen LogP contribution in [0.2, 0.25) is 0 Å². The van der Waals surface area contributed by atoms with Crippen LogP contribution in [0.4, 0.5) is 0 Å². The number of rotatable bonds is 8. The van der Waals surface area contributed by atoms with E-state index < -0.39 is 5.97 Å². The van der Waals surface area contributed by atoms with E-state index in [4.69, 9.17) is 14.6 Å². The van der Waals surface area contributed by atoms with Crippen molar-refractivity contribution in [3.63, 3.8) is 0 Å². The molecular weight excluding hydrogens is 354 g/mol. The number of benzene rings is 2. The van der Waals surface area contributed by atoms with E-state index >= 15 is 0 Å². The van der Waals surface area contributed by atoms with Crippen LogP contribution in [0.1, 0.15) is 4.88 Å². The van der Waals surface area contributed by atoms with Crippen LogP contribution >= 0.6 is 11.3 Å². The van der Waals surface area contributed by atoms with Crippen molar-refractivity contribution in [2.24, 2.45) is 5.16 Å². The number of hydrogen-bond donors (Lipinski definition) is 1. The van der Waals surface area contributed by atoms with E-state index in [1.807, 2.05) is 36.4 Å². The van der Waals surface area contributed by atoms with Crippen molar-refractivity contribution in [2.45, 2.75) is 0 Å². The van der Waals surface area contributed by atoms with Crippen LogP contribution in [-0.4, -0.2) is 37.1 Å². The smallest absolute Gasteiger partial charge is 0.359 e. The van der Waals surface area contributed by atoms with Gasteiger partial charge in [0.15, 0.2) is 5.06 Å². The van der Waals surface area contributed by atoms with E-state index in [9.17, 15) is 4.79 Å². The minimum absolute atomic E-state index is 0.153. The highest BCUT2D eigenvalue weighted by Crippen LogP contribution is 2.25. The summed E-state index contributed by atoms with van der Waals surface area (Å²) in [7, 11) is 1.30. The van der Waals surface area contributed by atoms with E-state index in [0.29, 0.717) is 23.2 Å². The maximum atomic E-state index is 11.1. The maximum absolute atomic E-state index is 11.1. The molecule has 0 spiro atoms. The second-order valence-electron chi connectivity index (χ2n) is 5.25. The van der Waals surface area contributed by atoms with E-state index in [1.54, 1.807) is 12.1 Å². The predicted molar refractivity (Wildman–Crippen MR) is 100 cm³/mol. The first-order valence-electron chi connectivity index (χ1n) is 7.86. The monoisotopic (exact) mass is 371 g/mol. The van der Waals surface area contributed by atoms with Crippen molar-refractivity contribution in [2.75, 3.05) is 20.3 Å². The largest absolute Gasteiger partial charge is 0.490 e. The van der Waals surface area contributed by atoms with Crippen molar-refractivity contribution >= 4 is 33.8 Å². The molecule has 3 rings (SSSR count). The van der Waals surface area contributed by atoms with Crippen LogP contribution in [0, 0.1) is 0 Å². The third-order valence-electron chi connectivity index (χ3n) is 3.52. The molecule has 0 fully saturated rings. The molecule has 134 valence electrons. The Labute approximate surface area is 154 Å². The first-order valence-corrected chi connectivity index (χ1v) is 8.68. The predicted octanol–water partition coefficient (Wildman–Crippen LogP) is 3.79. The third kappa shape index (κ3) is 4.31. The van der Waals surface area contributed by atoms with Crippen molar-refractivity contribution in [3.05, 3.63) is 59.5 Å². The molecule has 0 amide bonds. The maximum Gasteiger partial charge on any atom is 0.359 e. The molecule has 0 atom stereocenters. The fourth-order valence-corrected chi connectivity index (χ4v) is 3.22. The first-order chi connectivity index (χ1) is 12.7. The molecule has 7 heteroatoms. The molecule has 1 heterocycles. The summed E-state index contributed by atoms with van der Waals surface area (Å²) in [5.41, 5.74) is -0.153. The molecule has 1 aromatic heterocycles. The fraction of sp³-hybridized carbons (Fsp3) is 0.158. The highest BCUT2D eigenvalue weighted by molar-refractivity contribution is 7.16. The minimum Gasteiger partial charge on any atom is -0.490 e. The van der Waals surface area contributed by atoms with Gasteiger partial charge < -0.3 is 19.4 Å². The van der Waals surface area contributed by atoms with E-state index in [0.717, 1.165) is 16.5 Å². The van der Waals surface area contributed by atoms with Crippen LogP contribution in [0.3, 0.4) is 0 Å². The number of fused-ring (bicyclic) bond motifs is 1. The molecule has 6 nitrogen and oxygen atoms in total. The van der Waals surface area contributed by atoms with E-state index in [2.05, 4.69) is 16.1 Å². The topological polar surface area (TPSA) is 77.4 Å². The van der Waals surface area contributed by atoms with E-state index in [1.165, 1.54) is 18.4 Å². The van der Waals surface area contributed by atoms with Crippen molar-refractivity contribution in [1.29, 1.82) is 0 Å². The molecule has 0 bridgehead atoms. The standard InChI is InChI=1S/C19H17NO5S/c1-23-20-18(19(21)22)16-8-9-17(26-16)25-11-10-24-15-7-6-13-4-2-3-5-14(13)12-15/h2-9,12H,10-11H2,1H3,(H,21,22)/b20-18-. The molecule has 0 unspecified atom stereocenters. The van der Waals surface area contributed by atoms with Gasteiger partial charge in [0.05, 0.1) is 4.88 Å². The molecule has 0 saturated heterocycles. The highest BCUT2D eigenvalue weighted by atomic mass is 32.1. The average Bonchev–Trinajstić information content (AvgIpc) is 3.11. The van der Waals surface area contributed by atoms with Gasteiger partial charge in [-0.05, 0) is 35.0 Å². The number of oxime groups is 1. The van der Waals surface area contributed by atoms with Gasteiger partial charge in [0.1, 0.15) is 26.1 Å². The Morgan fingerprint density at radius 2 is 1.81 bits per heavy atom. The molecule has 3 aromatic rings. The van der Waals surface area contributed by atoms with Gasteiger partial charge in [-0.3, -0.25) is 0 Å². The van der Waals surface area contributed by atoms with Crippen molar-refractivity contribution < 1.29 is 24.2 Å². The zero-order chi connectivity index (χ0) is 18.4. The highest BCUT2D eigenvalue weighted by Gasteiger charge is 2.16. The molecule has 1 N–H and O–H groups in total. The lowest BCUT2D eigenvalue weighted by Gasteiger charge is -2.08. The molecule has 0 saturated carbocycles. The number of ether oxygens (including phenoxy) is 2. The lowest BCUT2D eigenvalue weighted by atomic mass is 10.1. The first kappa shape index (κ1) is 17.8. The number of carbonyl (C=O) groups is 1. The van der Waals surface area contributed by atoms with Gasteiger partial charge in [-0.25, -0.2) is 4.79 Å². The number of hydrogen-bond acceptors (Lipinski definition) is 6. The van der Waals surface area contributed by atoms with Gasteiger partial charge in [0.25, 0.3) is 0 Å². The quantitative estimate of drug-likeness (QED) is 0.370. The van der Waals surface area contributed by atoms with Gasteiger partial charge in [0.2, 0.25) is 5.71 Å². The van der Waals surface area contributed by atoms with Gasteiger partial charge in [0, 0.05) is 0 Å². The average molecular weight is 371 g/mol. The summed E-state index contributed by atoms with van der Waals surface area (Å²) in [5.74, 6) is -0.376. The van der Waals surface area contributed by atoms with Gasteiger partial charge >= 0.3 is 5.97 Å². The van der Waals surface area contributed by atoms with Gasteiger partial charge in [-0.1, -0.05) is 46.8 Å². The second kappa shape index (κ2) is 8.35. The summed E-state index contributed by atoms with van der Waals surface area (Å²) in [6.45, 7) is 0.722. The number of nitrogens with zero attached hydrogens (tertiary/aromatic N) is 1. The lowest BCUT2D eigenvalue weighted by molar-refractivity contribution is -0.129. The van der Waals surface area contributed by atoms with E-state index in [-0.39, 0.29) is 5.71 Å². The summed E-state index contributed by atoms with van der Waals surface area (Å²) in [5, 5.41) is 15.5. The fourth-order valence-electron chi connectivity index (χ4n) is 2.36. The zero-order valence-electron chi connectivity index (χ0n) is 14.0. The van der Waals surface area contributed by atoms with Crippen LogP contribution in [-0.2, 0) is 9.63 Å². The zero-order valence-corrected chi connectivity index (χ0v) is 14.9. The Balaban J connectivity index is 1.53. The molecule has 26 heavy (non-hydrogen) atoms. The molecule has 0 aliphatic carbocycles. The summed E-state index contributed by atoms with van der Waals surface area (Å²) in [6.07, 6.45) is 0. The molecular formula is C19H17NO5S. The summed E-state index contributed by atoms with van der Waals surface area (Å²) in [4.78, 5) is 16.2. The molecule has 0 aliphatic heterocycles. The van der Waals surface area contributed by atoms with Crippen LogP contribution in [0.25, 0.3) is 10.8 Å². The Kier molecular flexibility index (Phi) is 5.70. The number of aliphatic carboxylic acids is 1. The number of carboxylic acid groups (broad SMARTS) is 1. The second-order valence-corrected chi connectivity index (χ2v) is 6.30. The Bertz CT molecular complexity index is 934. The summed E-state index contributed by atoms with van der Waals surface area (Å²) in [6, 6.07) is 17.3. The Morgan fingerprint density at radius 3 is 2.58 bits per heavy atom. The third-order valence-corrected chi connectivity index (χ3v) is 4.52. The summed E-state index contributed by atoms with van der Waals surface area (Å²) < 4.78 is 11.3. The lowest BCUT2D eigenvalue weighted by Crippen LogP contribution is -2.13. The van der Waals surface area contributed by atoms with Crippen LogP contribution < -0.4 is 9.47 Å². The van der Waals surface area contributed by atoms with Gasteiger partial charge in [-0.2, -0.15) is 0 Å². The Morgan fingerprint density at radius 1 is 1.04 bits per heavy atom. The number of thiophene rings is 1. The van der Waals surface area contributed by atoms with Crippen LogP contribution in [0.5, 0.6) is 10.8 Å².